The average molecular weight is 475 g/mol. The van der Waals surface area contributed by atoms with E-state index in [9.17, 15) is 24.8 Å². The number of hydrogen-bond acceptors (Lipinski definition) is 9. The lowest BCUT2D eigenvalue weighted by Gasteiger charge is -2.23. The second-order valence-electron chi connectivity index (χ2n) is 6.32. The molecule has 0 bridgehead atoms. The molecule has 32 heavy (non-hydrogen) atoms. The van der Waals surface area contributed by atoms with E-state index in [0.717, 1.165) is 16.8 Å². The molecule has 12 heteroatoms. The number of hydrogen-bond donors (Lipinski definition) is 2. The Hall–Kier alpha value is -2.92. The Morgan fingerprint density at radius 1 is 1.28 bits per heavy atom. The molecule has 2 unspecified atom stereocenters. The summed E-state index contributed by atoms with van der Waals surface area (Å²) < 4.78 is 21.7. The lowest BCUT2D eigenvalue weighted by atomic mass is 10.0. The lowest BCUT2D eigenvalue weighted by Crippen LogP contribution is -2.22. The van der Waals surface area contributed by atoms with Crippen LogP contribution in [0.4, 0.5) is 5.82 Å². The molecule has 0 spiro atoms. The number of nitriles is 2. The van der Waals surface area contributed by atoms with Gasteiger partial charge in [0.05, 0.1) is 12.2 Å². The first-order valence-corrected chi connectivity index (χ1v) is 11.8. The number of carbonyl (C=O) groups excluding carboxylic acids is 1. The zero-order valence-electron chi connectivity index (χ0n) is 17.7. The summed E-state index contributed by atoms with van der Waals surface area (Å²) in [6, 6.07) is 12.8. The number of aromatic nitrogens is 1. The van der Waals surface area contributed by atoms with Gasteiger partial charge in [-0.25, -0.2) is 14.6 Å². The Morgan fingerprint density at radius 3 is 2.41 bits per heavy atom. The third-order valence-electron chi connectivity index (χ3n) is 4.23. The van der Waals surface area contributed by atoms with Crippen molar-refractivity contribution in [1.82, 2.24) is 4.98 Å². The molecular weight excluding hydrogens is 453 g/mol. The Balaban J connectivity index is 2.64. The van der Waals surface area contributed by atoms with E-state index < -0.39 is 19.0 Å². The number of carbonyl (C=O) groups is 1. The van der Waals surface area contributed by atoms with Crippen molar-refractivity contribution in [2.45, 2.75) is 30.5 Å². The van der Waals surface area contributed by atoms with E-state index >= 15 is 0 Å². The summed E-state index contributed by atoms with van der Waals surface area (Å²) >= 11 is 0.947. The van der Waals surface area contributed by atoms with E-state index in [2.05, 4.69) is 4.98 Å². The highest BCUT2D eigenvalue weighted by atomic mass is 32.2. The van der Waals surface area contributed by atoms with E-state index in [1.165, 1.54) is 14.0 Å². The van der Waals surface area contributed by atoms with Crippen molar-refractivity contribution >= 4 is 31.3 Å². The number of hydroxylamine groups is 1. The largest absolute Gasteiger partial charge is 0.493 e. The molecule has 3 N–H and O–H groups in total. The molecule has 0 radical (unpaired) electrons. The fourth-order valence-corrected chi connectivity index (χ4v) is 4.73. The zero-order chi connectivity index (χ0) is 23.9. The number of phosphoric acid groups is 1. The predicted octanol–water partition coefficient (Wildman–Crippen LogP) is 3.21. The van der Waals surface area contributed by atoms with Crippen molar-refractivity contribution in [2.75, 3.05) is 18.7 Å². The van der Waals surface area contributed by atoms with Crippen LogP contribution in [0.3, 0.4) is 0 Å². The molecule has 0 saturated heterocycles. The highest BCUT2D eigenvalue weighted by Gasteiger charge is 2.30. The first-order chi connectivity index (χ1) is 15.2. The van der Waals surface area contributed by atoms with Crippen LogP contribution in [0.5, 0.6) is 0 Å². The summed E-state index contributed by atoms with van der Waals surface area (Å²) in [7, 11) is -3.18. The maximum atomic E-state index is 12.2. The topological polar surface area (TPSA) is 163 Å². The molecule has 0 saturated carbocycles. The third-order valence-corrected chi connectivity index (χ3v) is 6.53. The molecule has 1 heterocycles. The number of thioether (sulfide) groups is 1. The van der Waals surface area contributed by atoms with Crippen LogP contribution < -0.4 is 10.8 Å². The molecule has 10 nitrogen and oxygen atoms in total. The summed E-state index contributed by atoms with van der Waals surface area (Å²) in [5.74, 6) is -0.743. The first kappa shape index (κ1) is 25.3. The second-order valence-corrected chi connectivity index (χ2v) is 8.78. The van der Waals surface area contributed by atoms with Gasteiger partial charge in [-0.2, -0.15) is 15.1 Å². The minimum absolute atomic E-state index is 0.00253. The minimum Gasteiger partial charge on any atom is -0.368 e. The monoisotopic (exact) mass is 475 g/mol. The summed E-state index contributed by atoms with van der Waals surface area (Å²) in [6.45, 7) is 3.19. The Morgan fingerprint density at radius 2 is 1.91 bits per heavy atom. The number of rotatable bonds is 10. The molecule has 0 fully saturated rings. The number of phosphoric ester groups is 1. The van der Waals surface area contributed by atoms with Gasteiger partial charge in [0.2, 0.25) is 5.91 Å². The van der Waals surface area contributed by atoms with Crippen molar-refractivity contribution in [3.63, 3.8) is 0 Å². The Kier molecular flexibility index (Phi) is 8.79. The second kappa shape index (κ2) is 11.1. The lowest BCUT2D eigenvalue weighted by molar-refractivity contribution is -0.117. The highest BCUT2D eigenvalue weighted by molar-refractivity contribution is 8.00. The molecular formula is C20H22N5O5PS. The summed E-state index contributed by atoms with van der Waals surface area (Å²) in [6.07, 6.45) is 0.289. The molecule has 0 aliphatic rings. The van der Waals surface area contributed by atoms with Crippen LogP contribution in [0.1, 0.15) is 41.4 Å². The summed E-state index contributed by atoms with van der Waals surface area (Å²) in [5, 5.41) is 19.6. The number of nitrogens with zero attached hydrogens (tertiary/aromatic N) is 4. The smallest absolute Gasteiger partial charge is 0.368 e. The van der Waals surface area contributed by atoms with Gasteiger partial charge in [-0.1, -0.05) is 49.0 Å². The number of anilines is 1. The number of amides is 1. The van der Waals surface area contributed by atoms with Gasteiger partial charge in [-0.3, -0.25) is 9.32 Å². The van der Waals surface area contributed by atoms with Gasteiger partial charge in [0, 0.05) is 7.05 Å². The molecule has 0 aliphatic heterocycles. The molecule has 168 valence electrons. The van der Waals surface area contributed by atoms with Crippen LogP contribution in [0.15, 0.2) is 35.4 Å². The van der Waals surface area contributed by atoms with Gasteiger partial charge in [0.15, 0.2) is 5.82 Å². The molecule has 1 amide bonds. The van der Waals surface area contributed by atoms with Crippen molar-refractivity contribution in [3.05, 3.63) is 52.6 Å². The Labute approximate surface area is 190 Å². The summed E-state index contributed by atoms with van der Waals surface area (Å²) in [4.78, 5) is 26.3. The van der Waals surface area contributed by atoms with Crippen LogP contribution in [-0.4, -0.2) is 29.4 Å². The fourth-order valence-electron chi connectivity index (χ4n) is 2.91. The standard InChI is InChI=1S/C20H22N5O5PS/c1-4-14-15(11-21)19(25(3)30-31(27,28)29-5-2)24-20(16(14)12-22)32-17(18(23)26)13-9-7-6-8-10-13/h6-10,17H,4-5H2,1-3H3,(H2,23,26)(H,27,28). The first-order valence-electron chi connectivity index (χ1n) is 9.47. The van der Waals surface area contributed by atoms with E-state index in [1.807, 2.05) is 12.1 Å². The van der Waals surface area contributed by atoms with E-state index in [4.69, 9.17) is 14.9 Å². The molecule has 1 aromatic heterocycles. The quantitative estimate of drug-likeness (QED) is 0.296. The fraction of sp³-hybridized carbons (Fsp3) is 0.300. The molecule has 1 aromatic carbocycles. The predicted molar refractivity (Wildman–Crippen MR) is 118 cm³/mol. The number of primary amides is 1. The SMILES string of the molecule is CCOP(=O)(O)ON(C)c1nc(SC(C(N)=O)c2ccccc2)c(C#N)c(CC)c1C#N. The molecule has 2 rings (SSSR count). The normalized spacial score (nSPS) is 13.4. The van der Waals surface area contributed by atoms with E-state index in [0.29, 0.717) is 11.1 Å². The molecule has 2 aromatic rings. The Bertz CT molecular complexity index is 1120. The number of benzene rings is 1. The van der Waals surface area contributed by atoms with Crippen molar-refractivity contribution in [3.8, 4) is 12.1 Å². The van der Waals surface area contributed by atoms with Gasteiger partial charge >= 0.3 is 7.82 Å². The van der Waals surface area contributed by atoms with Gasteiger partial charge < -0.3 is 10.6 Å². The van der Waals surface area contributed by atoms with Crippen molar-refractivity contribution in [1.29, 1.82) is 10.5 Å². The minimum atomic E-state index is -4.46. The van der Waals surface area contributed by atoms with Crippen LogP contribution in [0.2, 0.25) is 0 Å². The van der Waals surface area contributed by atoms with Crippen LogP contribution in [0, 0.1) is 22.7 Å². The van der Waals surface area contributed by atoms with E-state index in [1.54, 1.807) is 37.3 Å². The number of nitrogens with two attached hydrogens (primary N) is 1. The van der Waals surface area contributed by atoms with Crippen molar-refractivity contribution in [2.24, 2.45) is 5.73 Å². The van der Waals surface area contributed by atoms with Gasteiger partial charge in [-0.15, -0.1) is 0 Å². The van der Waals surface area contributed by atoms with Gasteiger partial charge in [-0.05, 0) is 24.5 Å². The van der Waals surface area contributed by atoms with E-state index in [-0.39, 0.29) is 35.0 Å². The average Bonchev–Trinajstić information content (AvgIpc) is 2.76. The third kappa shape index (κ3) is 5.86. The summed E-state index contributed by atoms with van der Waals surface area (Å²) in [5.41, 5.74) is 6.69. The highest BCUT2D eigenvalue weighted by Crippen LogP contribution is 2.46. The zero-order valence-corrected chi connectivity index (χ0v) is 19.4. The molecule has 0 aliphatic carbocycles. The van der Waals surface area contributed by atoms with Crippen LogP contribution in [0.25, 0.3) is 0 Å². The van der Waals surface area contributed by atoms with Crippen molar-refractivity contribution < 1.29 is 23.4 Å². The van der Waals surface area contributed by atoms with Crippen LogP contribution in [-0.2, 0) is 24.9 Å². The van der Waals surface area contributed by atoms with Gasteiger partial charge in [0.1, 0.15) is 28.0 Å². The maximum absolute atomic E-state index is 12.2. The maximum Gasteiger partial charge on any atom is 0.493 e. The number of pyridine rings is 1. The van der Waals surface area contributed by atoms with Crippen LogP contribution >= 0.6 is 19.6 Å². The molecule has 2 atom stereocenters. The van der Waals surface area contributed by atoms with Gasteiger partial charge in [0.25, 0.3) is 0 Å².